The van der Waals surface area contributed by atoms with Crippen molar-refractivity contribution >= 4 is 40.7 Å². The van der Waals surface area contributed by atoms with Gasteiger partial charge in [-0.15, -0.1) is 0 Å². The molecule has 0 aliphatic carbocycles. The molecule has 0 atom stereocenters. The van der Waals surface area contributed by atoms with Crippen molar-refractivity contribution < 1.29 is 9.59 Å². The number of carbonyl (C=O) groups is 2. The van der Waals surface area contributed by atoms with Crippen molar-refractivity contribution in [2.45, 2.75) is 19.3 Å². The van der Waals surface area contributed by atoms with E-state index in [-0.39, 0.29) is 10.9 Å². The lowest BCUT2D eigenvalue weighted by atomic mass is 10.1. The van der Waals surface area contributed by atoms with Crippen LogP contribution in [0.5, 0.6) is 0 Å². The maximum atomic E-state index is 12.5. The first-order chi connectivity index (χ1) is 12.1. The summed E-state index contributed by atoms with van der Waals surface area (Å²) in [6.07, 6.45) is 6.06. The first kappa shape index (κ1) is 17.7. The number of hydrogen-bond acceptors (Lipinski definition) is 3. The van der Waals surface area contributed by atoms with Gasteiger partial charge in [0.05, 0.1) is 26.9 Å². The average Bonchev–Trinajstić information content (AvgIpc) is 2.65. The molecular weight excluding hydrogens is 361 g/mol. The maximum absolute atomic E-state index is 12.5. The highest BCUT2D eigenvalue weighted by atomic mass is 35.5. The number of aromatic nitrogens is 1. The number of carbonyl (C=O) groups excluding carboxylic acids is 2. The van der Waals surface area contributed by atoms with Gasteiger partial charge in [0.15, 0.2) is 0 Å². The Kier molecular flexibility index (Phi) is 5.56. The van der Waals surface area contributed by atoms with Gasteiger partial charge in [-0.05, 0) is 37.5 Å². The Hall–Kier alpha value is -2.11. The molecule has 1 aliphatic rings. The second-order valence-corrected chi connectivity index (χ2v) is 6.66. The summed E-state index contributed by atoms with van der Waals surface area (Å²) >= 11 is 12.0. The number of piperidine rings is 1. The van der Waals surface area contributed by atoms with Crippen LogP contribution in [-0.2, 0) is 0 Å². The third kappa shape index (κ3) is 4.11. The number of anilines is 1. The molecule has 130 valence electrons. The molecule has 5 nitrogen and oxygen atoms in total. The number of nitrogens with zero attached hydrogens (tertiary/aromatic N) is 2. The summed E-state index contributed by atoms with van der Waals surface area (Å²) in [5.74, 6) is -0.493. The second kappa shape index (κ2) is 7.85. The summed E-state index contributed by atoms with van der Waals surface area (Å²) in [5.41, 5.74) is 1.11. The summed E-state index contributed by atoms with van der Waals surface area (Å²) in [6.45, 7) is 1.49. The van der Waals surface area contributed by atoms with E-state index < -0.39 is 5.91 Å². The molecule has 7 heteroatoms. The Morgan fingerprint density at radius 3 is 2.52 bits per heavy atom. The molecule has 1 aromatic carbocycles. The molecule has 1 fully saturated rings. The molecule has 0 radical (unpaired) electrons. The molecule has 1 N–H and O–H groups in total. The fourth-order valence-electron chi connectivity index (χ4n) is 2.76. The summed E-state index contributed by atoms with van der Waals surface area (Å²) in [7, 11) is 0. The zero-order valence-electron chi connectivity index (χ0n) is 13.5. The van der Waals surface area contributed by atoms with E-state index in [0.717, 1.165) is 32.4 Å². The summed E-state index contributed by atoms with van der Waals surface area (Å²) in [5, 5.41) is 3.32. The molecule has 0 saturated carbocycles. The van der Waals surface area contributed by atoms with Gasteiger partial charge < -0.3 is 10.2 Å². The molecule has 2 heterocycles. The van der Waals surface area contributed by atoms with Crippen molar-refractivity contribution in [1.82, 2.24) is 9.88 Å². The number of halogens is 2. The minimum Gasteiger partial charge on any atom is -0.339 e. The topological polar surface area (TPSA) is 62.3 Å². The zero-order valence-corrected chi connectivity index (χ0v) is 15.0. The third-order valence-corrected chi connectivity index (χ3v) is 4.91. The Morgan fingerprint density at radius 1 is 1.04 bits per heavy atom. The predicted molar refractivity (Wildman–Crippen MR) is 98.4 cm³/mol. The van der Waals surface area contributed by atoms with Crippen LogP contribution in [0.3, 0.4) is 0 Å². The van der Waals surface area contributed by atoms with Crippen LogP contribution >= 0.6 is 23.2 Å². The Bertz CT molecular complexity index is 805. The van der Waals surface area contributed by atoms with E-state index in [1.165, 1.54) is 12.4 Å². The molecule has 1 saturated heterocycles. The third-order valence-electron chi connectivity index (χ3n) is 4.09. The van der Waals surface area contributed by atoms with Crippen molar-refractivity contribution in [1.29, 1.82) is 0 Å². The molecule has 1 aliphatic heterocycles. The highest BCUT2D eigenvalue weighted by Crippen LogP contribution is 2.29. The van der Waals surface area contributed by atoms with Gasteiger partial charge in [0.1, 0.15) is 0 Å². The Balaban J connectivity index is 1.77. The van der Waals surface area contributed by atoms with E-state index in [1.807, 2.05) is 0 Å². The molecule has 0 unspecified atom stereocenters. The summed E-state index contributed by atoms with van der Waals surface area (Å²) < 4.78 is 0. The fraction of sp³-hybridized carbons (Fsp3) is 0.278. The van der Waals surface area contributed by atoms with Crippen molar-refractivity contribution in [3.63, 3.8) is 0 Å². The Morgan fingerprint density at radius 2 is 1.76 bits per heavy atom. The van der Waals surface area contributed by atoms with Gasteiger partial charge in [-0.25, -0.2) is 0 Å². The van der Waals surface area contributed by atoms with E-state index in [1.54, 1.807) is 29.2 Å². The monoisotopic (exact) mass is 377 g/mol. The number of amides is 2. The van der Waals surface area contributed by atoms with Gasteiger partial charge in [0, 0.05) is 25.5 Å². The molecule has 2 aromatic rings. The van der Waals surface area contributed by atoms with Crippen LogP contribution in [-0.4, -0.2) is 34.8 Å². The van der Waals surface area contributed by atoms with Crippen molar-refractivity contribution in [2.24, 2.45) is 0 Å². The molecular formula is C18H17Cl2N3O2. The SMILES string of the molecule is O=C(Nc1cccc(Cl)c1Cl)c1cncc(C(=O)N2CCCCC2)c1. The van der Waals surface area contributed by atoms with Crippen LogP contribution in [0.1, 0.15) is 40.0 Å². The van der Waals surface area contributed by atoms with Crippen LogP contribution in [0, 0.1) is 0 Å². The second-order valence-electron chi connectivity index (χ2n) is 5.87. The smallest absolute Gasteiger partial charge is 0.257 e. The van der Waals surface area contributed by atoms with Crippen molar-refractivity contribution in [3.8, 4) is 0 Å². The van der Waals surface area contributed by atoms with E-state index in [4.69, 9.17) is 23.2 Å². The molecule has 25 heavy (non-hydrogen) atoms. The van der Waals surface area contributed by atoms with Gasteiger partial charge >= 0.3 is 0 Å². The largest absolute Gasteiger partial charge is 0.339 e. The van der Waals surface area contributed by atoms with E-state index >= 15 is 0 Å². The number of rotatable bonds is 3. The van der Waals surface area contributed by atoms with Crippen LogP contribution in [0.2, 0.25) is 10.0 Å². The lowest BCUT2D eigenvalue weighted by Crippen LogP contribution is -2.35. The highest BCUT2D eigenvalue weighted by molar-refractivity contribution is 6.44. The van der Waals surface area contributed by atoms with E-state index in [0.29, 0.717) is 21.8 Å². The zero-order chi connectivity index (χ0) is 17.8. The number of hydrogen-bond donors (Lipinski definition) is 1. The normalized spacial score (nSPS) is 14.2. The minimum absolute atomic E-state index is 0.0948. The number of pyridine rings is 1. The summed E-state index contributed by atoms with van der Waals surface area (Å²) in [4.78, 5) is 30.8. The van der Waals surface area contributed by atoms with Gasteiger partial charge in [-0.2, -0.15) is 0 Å². The molecule has 3 rings (SSSR count). The first-order valence-corrected chi connectivity index (χ1v) is 8.81. The fourth-order valence-corrected chi connectivity index (χ4v) is 3.10. The first-order valence-electron chi connectivity index (χ1n) is 8.06. The van der Waals surface area contributed by atoms with Crippen molar-refractivity contribution in [3.05, 3.63) is 57.8 Å². The number of nitrogens with one attached hydrogen (secondary N) is 1. The van der Waals surface area contributed by atoms with Gasteiger partial charge in [-0.3, -0.25) is 14.6 Å². The molecule has 0 bridgehead atoms. The standard InChI is InChI=1S/C18H17Cl2N3O2/c19-14-5-4-6-15(16(14)20)22-17(24)12-9-13(11-21-10-12)18(25)23-7-2-1-3-8-23/h4-6,9-11H,1-3,7-8H2,(H,22,24). The highest BCUT2D eigenvalue weighted by Gasteiger charge is 2.20. The summed E-state index contributed by atoms with van der Waals surface area (Å²) in [6, 6.07) is 6.54. The van der Waals surface area contributed by atoms with Crippen LogP contribution in [0.25, 0.3) is 0 Å². The van der Waals surface area contributed by atoms with Crippen LogP contribution in [0.4, 0.5) is 5.69 Å². The maximum Gasteiger partial charge on any atom is 0.257 e. The van der Waals surface area contributed by atoms with Crippen LogP contribution in [0.15, 0.2) is 36.7 Å². The molecule has 1 aromatic heterocycles. The van der Waals surface area contributed by atoms with E-state index in [2.05, 4.69) is 10.3 Å². The quantitative estimate of drug-likeness (QED) is 0.868. The predicted octanol–water partition coefficient (Wildman–Crippen LogP) is 4.27. The molecule has 0 spiro atoms. The Labute approximate surface area is 155 Å². The molecule has 2 amide bonds. The lowest BCUT2D eigenvalue weighted by Gasteiger charge is -2.26. The van der Waals surface area contributed by atoms with Gasteiger partial charge in [0.2, 0.25) is 0 Å². The van der Waals surface area contributed by atoms with Crippen LogP contribution < -0.4 is 5.32 Å². The number of likely N-dealkylation sites (tertiary alicyclic amines) is 1. The lowest BCUT2D eigenvalue weighted by molar-refractivity contribution is 0.0724. The minimum atomic E-state index is -0.398. The number of benzene rings is 1. The van der Waals surface area contributed by atoms with Gasteiger partial charge in [-0.1, -0.05) is 29.3 Å². The van der Waals surface area contributed by atoms with Crippen molar-refractivity contribution in [2.75, 3.05) is 18.4 Å². The van der Waals surface area contributed by atoms with E-state index in [9.17, 15) is 9.59 Å². The van der Waals surface area contributed by atoms with Gasteiger partial charge in [0.25, 0.3) is 11.8 Å². The average molecular weight is 378 g/mol.